The molecule has 0 amide bonds. The molecule has 0 saturated carbocycles. The summed E-state index contributed by atoms with van der Waals surface area (Å²) in [5.74, 6) is 1.57. The predicted molar refractivity (Wildman–Crippen MR) is 108 cm³/mol. The first-order valence-electron chi connectivity index (χ1n) is 8.97. The molecular weight excluding hydrogens is 332 g/mol. The second-order valence-electron chi connectivity index (χ2n) is 6.47. The molecule has 5 rings (SSSR count). The predicted octanol–water partition coefficient (Wildman–Crippen LogP) is 5.16. The van der Waals surface area contributed by atoms with E-state index in [0.29, 0.717) is 0 Å². The Kier molecular flexibility index (Phi) is 3.61. The molecule has 0 fully saturated rings. The Hall–Kier alpha value is -3.66. The summed E-state index contributed by atoms with van der Waals surface area (Å²) in [6.07, 6.45) is 0. The summed E-state index contributed by atoms with van der Waals surface area (Å²) in [4.78, 5) is 4.74. The smallest absolute Gasteiger partial charge is 0.238 e. The van der Waals surface area contributed by atoms with Crippen LogP contribution in [0.25, 0.3) is 34.0 Å². The van der Waals surface area contributed by atoms with Gasteiger partial charge in [-0.25, -0.2) is 0 Å². The Bertz CT molecular complexity index is 1130. The maximum Gasteiger partial charge on any atom is 0.238 e. The molecule has 0 aliphatic rings. The molecule has 4 heteroatoms. The largest absolute Gasteiger partial charge is 0.276 e. The van der Waals surface area contributed by atoms with Crippen LogP contribution in [0.15, 0.2) is 91.0 Å². The van der Waals surface area contributed by atoms with E-state index < -0.39 is 0 Å². The second kappa shape index (κ2) is 6.25. The number of imidazole rings is 1. The van der Waals surface area contributed by atoms with Crippen molar-refractivity contribution in [2.75, 3.05) is 0 Å². The molecule has 0 aliphatic carbocycles. The highest BCUT2D eigenvalue weighted by Gasteiger charge is 2.23. The zero-order valence-corrected chi connectivity index (χ0v) is 14.9. The lowest BCUT2D eigenvalue weighted by Crippen LogP contribution is -1.98. The van der Waals surface area contributed by atoms with Crippen LogP contribution >= 0.6 is 0 Å². The number of hydrogen-bond donors (Lipinski definition) is 0. The Morgan fingerprint density at radius 2 is 1.15 bits per heavy atom. The first kappa shape index (κ1) is 15.6. The van der Waals surface area contributed by atoms with Crippen LogP contribution in [0.1, 0.15) is 5.82 Å². The Labute approximate surface area is 157 Å². The molecule has 130 valence electrons. The van der Waals surface area contributed by atoms with Crippen molar-refractivity contribution in [1.82, 2.24) is 19.2 Å². The molecule has 3 aromatic carbocycles. The van der Waals surface area contributed by atoms with Gasteiger partial charge in [0.25, 0.3) is 0 Å². The van der Waals surface area contributed by atoms with E-state index in [1.165, 1.54) is 0 Å². The monoisotopic (exact) mass is 350 g/mol. The van der Waals surface area contributed by atoms with E-state index in [9.17, 15) is 0 Å². The topological polar surface area (TPSA) is 35.1 Å². The van der Waals surface area contributed by atoms with Gasteiger partial charge in [-0.3, -0.25) is 4.57 Å². The van der Waals surface area contributed by atoms with E-state index in [4.69, 9.17) is 10.1 Å². The molecule has 27 heavy (non-hydrogen) atoms. The highest BCUT2D eigenvalue weighted by Crippen LogP contribution is 2.36. The van der Waals surface area contributed by atoms with Crippen molar-refractivity contribution < 1.29 is 0 Å². The quantitative estimate of drug-likeness (QED) is 0.450. The van der Waals surface area contributed by atoms with Crippen molar-refractivity contribution >= 4 is 5.78 Å². The van der Waals surface area contributed by atoms with Crippen molar-refractivity contribution in [3.63, 3.8) is 0 Å². The lowest BCUT2D eigenvalue weighted by molar-refractivity contribution is 0.943. The van der Waals surface area contributed by atoms with Crippen molar-refractivity contribution in [2.45, 2.75) is 6.92 Å². The standard InChI is InChI=1S/C23H18N4/c1-17-24-23-26(20-15-9-4-10-16-20)21(18-11-5-2-6-12-18)22(27(23)25-17)19-13-7-3-8-14-19/h2-16H,1H3. The van der Waals surface area contributed by atoms with E-state index in [0.717, 1.165) is 39.8 Å². The fourth-order valence-corrected chi connectivity index (χ4v) is 3.54. The van der Waals surface area contributed by atoms with Gasteiger partial charge < -0.3 is 0 Å². The van der Waals surface area contributed by atoms with Crippen LogP contribution in [0.2, 0.25) is 0 Å². The highest BCUT2D eigenvalue weighted by atomic mass is 15.4. The van der Waals surface area contributed by atoms with E-state index in [2.05, 4.69) is 65.2 Å². The number of aryl methyl sites for hydroxylation is 1. The van der Waals surface area contributed by atoms with Crippen molar-refractivity contribution in [2.24, 2.45) is 0 Å². The number of nitrogens with zero attached hydrogens (tertiary/aromatic N) is 4. The van der Waals surface area contributed by atoms with Gasteiger partial charge in [-0.2, -0.15) is 9.50 Å². The SMILES string of the molecule is Cc1nc2n(-c3ccccc3)c(-c3ccccc3)c(-c3ccccc3)n2n1. The summed E-state index contributed by atoms with van der Waals surface area (Å²) in [5, 5.41) is 4.71. The maximum atomic E-state index is 4.74. The zero-order chi connectivity index (χ0) is 18.2. The van der Waals surface area contributed by atoms with E-state index in [1.54, 1.807) is 0 Å². The number of fused-ring (bicyclic) bond motifs is 1. The highest BCUT2D eigenvalue weighted by molar-refractivity contribution is 5.83. The summed E-state index contributed by atoms with van der Waals surface area (Å²) in [5.41, 5.74) is 5.44. The van der Waals surface area contributed by atoms with Gasteiger partial charge in [-0.1, -0.05) is 78.9 Å². The molecule has 0 spiro atoms. The fourth-order valence-electron chi connectivity index (χ4n) is 3.54. The van der Waals surface area contributed by atoms with Crippen LogP contribution in [-0.2, 0) is 0 Å². The molecule has 5 aromatic rings. The van der Waals surface area contributed by atoms with Crippen LogP contribution in [0, 0.1) is 6.92 Å². The molecule has 2 aromatic heterocycles. The average molecular weight is 350 g/mol. The number of hydrogen-bond acceptors (Lipinski definition) is 2. The van der Waals surface area contributed by atoms with Gasteiger partial charge in [0.1, 0.15) is 11.5 Å². The first-order chi connectivity index (χ1) is 13.3. The summed E-state index contributed by atoms with van der Waals surface area (Å²) in [6, 6.07) is 31.1. The third kappa shape index (κ3) is 2.54. The van der Waals surface area contributed by atoms with Crippen LogP contribution in [0.3, 0.4) is 0 Å². The fraction of sp³-hybridized carbons (Fsp3) is 0.0435. The average Bonchev–Trinajstić information content (AvgIpc) is 3.24. The number of benzene rings is 3. The molecule has 2 heterocycles. The van der Waals surface area contributed by atoms with E-state index >= 15 is 0 Å². The number of para-hydroxylation sites is 1. The zero-order valence-electron chi connectivity index (χ0n) is 14.9. The van der Waals surface area contributed by atoms with Gasteiger partial charge in [-0.05, 0) is 19.1 Å². The third-order valence-electron chi connectivity index (χ3n) is 4.66. The van der Waals surface area contributed by atoms with E-state index in [1.807, 2.05) is 41.8 Å². The van der Waals surface area contributed by atoms with Gasteiger partial charge in [0.2, 0.25) is 5.78 Å². The van der Waals surface area contributed by atoms with Crippen molar-refractivity contribution in [1.29, 1.82) is 0 Å². The third-order valence-corrected chi connectivity index (χ3v) is 4.66. The minimum Gasteiger partial charge on any atom is -0.276 e. The molecule has 0 N–H and O–H groups in total. The van der Waals surface area contributed by atoms with Gasteiger partial charge >= 0.3 is 0 Å². The van der Waals surface area contributed by atoms with Crippen molar-refractivity contribution in [3.05, 3.63) is 96.8 Å². The molecule has 0 unspecified atom stereocenters. The molecule has 0 radical (unpaired) electrons. The maximum absolute atomic E-state index is 4.74. The van der Waals surface area contributed by atoms with Crippen molar-refractivity contribution in [3.8, 4) is 28.2 Å². The van der Waals surface area contributed by atoms with Crippen LogP contribution < -0.4 is 0 Å². The molecule has 0 aliphatic heterocycles. The van der Waals surface area contributed by atoms with Gasteiger partial charge in [0.05, 0.1) is 5.69 Å². The molecular formula is C23H18N4. The molecule has 4 nitrogen and oxygen atoms in total. The minimum absolute atomic E-state index is 0.756. The Morgan fingerprint density at radius 1 is 0.630 bits per heavy atom. The lowest BCUT2D eigenvalue weighted by atomic mass is 10.0. The number of rotatable bonds is 3. The molecule has 0 saturated heterocycles. The minimum atomic E-state index is 0.756. The number of aromatic nitrogens is 4. The summed E-state index contributed by atoms with van der Waals surface area (Å²) in [6.45, 7) is 1.93. The molecule has 0 atom stereocenters. The lowest BCUT2D eigenvalue weighted by Gasteiger charge is -2.11. The summed E-state index contributed by atoms with van der Waals surface area (Å²) in [7, 11) is 0. The van der Waals surface area contributed by atoms with Crippen LogP contribution in [0.4, 0.5) is 0 Å². The normalized spacial score (nSPS) is 11.1. The first-order valence-corrected chi connectivity index (χ1v) is 8.97. The Morgan fingerprint density at radius 3 is 1.74 bits per heavy atom. The molecule has 0 bridgehead atoms. The van der Waals surface area contributed by atoms with Gasteiger partial charge in [0, 0.05) is 16.8 Å². The second-order valence-corrected chi connectivity index (χ2v) is 6.47. The van der Waals surface area contributed by atoms with Crippen LogP contribution in [-0.4, -0.2) is 19.2 Å². The Balaban J connectivity index is 1.96. The van der Waals surface area contributed by atoms with Crippen LogP contribution in [0.5, 0.6) is 0 Å². The van der Waals surface area contributed by atoms with E-state index in [-0.39, 0.29) is 0 Å². The van der Waals surface area contributed by atoms with Gasteiger partial charge in [-0.15, -0.1) is 5.10 Å². The summed E-state index contributed by atoms with van der Waals surface area (Å²) >= 11 is 0. The summed E-state index contributed by atoms with van der Waals surface area (Å²) < 4.78 is 4.15. The van der Waals surface area contributed by atoms with Gasteiger partial charge in [0.15, 0.2) is 0 Å².